The van der Waals surface area contributed by atoms with E-state index < -0.39 is 9.05 Å². The third kappa shape index (κ3) is 3.87. The Kier molecular flexibility index (Phi) is 4.94. The Bertz CT molecular complexity index is 577. The Labute approximate surface area is 124 Å². The van der Waals surface area contributed by atoms with Crippen molar-refractivity contribution < 1.29 is 17.9 Å². The van der Waals surface area contributed by atoms with Crippen LogP contribution in [0.5, 0.6) is 5.75 Å². The molecule has 1 saturated heterocycles. The van der Waals surface area contributed by atoms with Gasteiger partial charge in [-0.15, -0.1) is 0 Å². The van der Waals surface area contributed by atoms with E-state index in [0.717, 1.165) is 31.4 Å². The molecular formula is C14H19ClO4S. The maximum absolute atomic E-state index is 11.4. The molecule has 1 aromatic rings. The molecule has 6 heteroatoms. The molecule has 1 heterocycles. The fourth-order valence-electron chi connectivity index (χ4n) is 2.30. The summed E-state index contributed by atoms with van der Waals surface area (Å²) in [5.41, 5.74) is 1.34. The molecule has 1 atom stereocenters. The van der Waals surface area contributed by atoms with Crippen LogP contribution in [0.2, 0.25) is 0 Å². The van der Waals surface area contributed by atoms with Gasteiger partial charge in [-0.05, 0) is 56.4 Å². The first-order valence-electron chi connectivity index (χ1n) is 6.68. The largest absolute Gasteiger partial charge is 0.491 e. The molecular weight excluding hydrogens is 300 g/mol. The topological polar surface area (TPSA) is 52.6 Å². The average Bonchev–Trinajstić information content (AvgIpc) is 2.39. The van der Waals surface area contributed by atoms with Gasteiger partial charge in [0, 0.05) is 17.3 Å². The van der Waals surface area contributed by atoms with Crippen LogP contribution in [0.15, 0.2) is 17.0 Å². The lowest BCUT2D eigenvalue weighted by atomic mass is 10.1. The highest BCUT2D eigenvalue weighted by molar-refractivity contribution is 8.13. The zero-order chi connectivity index (χ0) is 14.8. The standard InChI is InChI=1S/C14H19ClO4S/c1-10-8-14(20(15,16)17)11(2)7-13(10)19-9-12-5-3-4-6-18-12/h7-8,12H,3-6,9H2,1-2H3. The zero-order valence-corrected chi connectivity index (χ0v) is 13.3. The summed E-state index contributed by atoms with van der Waals surface area (Å²) in [7, 11) is 1.68. The minimum atomic E-state index is -3.72. The summed E-state index contributed by atoms with van der Waals surface area (Å²) in [6, 6.07) is 3.27. The Morgan fingerprint density at radius 1 is 1.30 bits per heavy atom. The van der Waals surface area contributed by atoms with Crippen LogP contribution in [-0.2, 0) is 13.8 Å². The van der Waals surface area contributed by atoms with Gasteiger partial charge in [-0.2, -0.15) is 0 Å². The third-order valence-corrected chi connectivity index (χ3v) is 4.90. The van der Waals surface area contributed by atoms with Crippen molar-refractivity contribution >= 4 is 19.7 Å². The van der Waals surface area contributed by atoms with Crippen molar-refractivity contribution in [2.75, 3.05) is 13.2 Å². The summed E-state index contributed by atoms with van der Waals surface area (Å²) in [5, 5.41) is 0. The molecule has 0 N–H and O–H groups in total. The van der Waals surface area contributed by atoms with Crippen LogP contribution in [0.4, 0.5) is 0 Å². The zero-order valence-electron chi connectivity index (χ0n) is 11.7. The van der Waals surface area contributed by atoms with Crippen molar-refractivity contribution in [2.45, 2.75) is 44.1 Å². The quantitative estimate of drug-likeness (QED) is 0.800. The lowest BCUT2D eigenvalue weighted by molar-refractivity contribution is -0.0112. The molecule has 20 heavy (non-hydrogen) atoms. The fourth-order valence-corrected chi connectivity index (χ4v) is 3.56. The first-order valence-corrected chi connectivity index (χ1v) is 8.99. The van der Waals surface area contributed by atoms with E-state index in [0.29, 0.717) is 17.9 Å². The smallest absolute Gasteiger partial charge is 0.261 e. The van der Waals surface area contributed by atoms with Gasteiger partial charge >= 0.3 is 0 Å². The Hall–Kier alpha value is -0.780. The summed E-state index contributed by atoms with van der Waals surface area (Å²) in [5.74, 6) is 0.681. The van der Waals surface area contributed by atoms with Crippen LogP contribution < -0.4 is 4.74 Å². The van der Waals surface area contributed by atoms with Gasteiger partial charge in [0.15, 0.2) is 0 Å². The highest BCUT2D eigenvalue weighted by Crippen LogP contribution is 2.28. The van der Waals surface area contributed by atoms with E-state index in [-0.39, 0.29) is 11.0 Å². The number of hydrogen-bond donors (Lipinski definition) is 0. The lowest BCUT2D eigenvalue weighted by Crippen LogP contribution is -2.26. The molecule has 4 nitrogen and oxygen atoms in total. The molecule has 0 aliphatic carbocycles. The molecule has 2 rings (SSSR count). The monoisotopic (exact) mass is 318 g/mol. The molecule has 1 unspecified atom stereocenters. The van der Waals surface area contributed by atoms with E-state index in [2.05, 4.69) is 0 Å². The van der Waals surface area contributed by atoms with Crippen LogP contribution in [0.3, 0.4) is 0 Å². The van der Waals surface area contributed by atoms with Gasteiger partial charge < -0.3 is 9.47 Å². The van der Waals surface area contributed by atoms with E-state index in [1.807, 2.05) is 6.92 Å². The SMILES string of the molecule is Cc1cc(S(=O)(=O)Cl)c(C)cc1OCC1CCCCO1. The highest BCUT2D eigenvalue weighted by Gasteiger charge is 2.18. The molecule has 0 radical (unpaired) electrons. The summed E-state index contributed by atoms with van der Waals surface area (Å²) in [4.78, 5) is 0.137. The number of hydrogen-bond acceptors (Lipinski definition) is 4. The first kappa shape index (κ1) is 15.6. The van der Waals surface area contributed by atoms with E-state index in [1.165, 1.54) is 0 Å². The molecule has 112 valence electrons. The van der Waals surface area contributed by atoms with E-state index in [9.17, 15) is 8.42 Å². The maximum atomic E-state index is 11.4. The van der Waals surface area contributed by atoms with Gasteiger partial charge in [0.2, 0.25) is 0 Å². The van der Waals surface area contributed by atoms with Gasteiger partial charge in [0.1, 0.15) is 12.4 Å². The summed E-state index contributed by atoms with van der Waals surface area (Å²) in [6.07, 6.45) is 3.40. The molecule has 0 spiro atoms. The van der Waals surface area contributed by atoms with Crippen molar-refractivity contribution in [2.24, 2.45) is 0 Å². The van der Waals surface area contributed by atoms with Crippen molar-refractivity contribution in [3.05, 3.63) is 23.3 Å². The molecule has 0 aromatic heterocycles. The number of ether oxygens (including phenoxy) is 2. The van der Waals surface area contributed by atoms with Gasteiger partial charge in [-0.25, -0.2) is 8.42 Å². The minimum Gasteiger partial charge on any atom is -0.491 e. The Morgan fingerprint density at radius 2 is 2.05 bits per heavy atom. The predicted molar refractivity (Wildman–Crippen MR) is 78.0 cm³/mol. The minimum absolute atomic E-state index is 0.125. The summed E-state index contributed by atoms with van der Waals surface area (Å²) in [6.45, 7) is 4.80. The molecule has 0 saturated carbocycles. The second kappa shape index (κ2) is 6.33. The van der Waals surface area contributed by atoms with Crippen LogP contribution >= 0.6 is 10.7 Å². The van der Waals surface area contributed by atoms with Crippen molar-refractivity contribution in [3.63, 3.8) is 0 Å². The normalized spacial score (nSPS) is 19.9. The van der Waals surface area contributed by atoms with E-state index >= 15 is 0 Å². The van der Waals surface area contributed by atoms with Crippen LogP contribution in [0.1, 0.15) is 30.4 Å². The van der Waals surface area contributed by atoms with Crippen molar-refractivity contribution in [3.8, 4) is 5.75 Å². The molecule has 0 amide bonds. The van der Waals surface area contributed by atoms with E-state index in [1.54, 1.807) is 19.1 Å². The van der Waals surface area contributed by atoms with Gasteiger partial charge in [0.05, 0.1) is 11.0 Å². The third-order valence-electron chi connectivity index (χ3n) is 3.43. The molecule has 1 fully saturated rings. The highest BCUT2D eigenvalue weighted by atomic mass is 35.7. The molecule has 1 aliphatic rings. The van der Waals surface area contributed by atoms with Crippen LogP contribution in [-0.4, -0.2) is 27.7 Å². The second-order valence-corrected chi connectivity index (χ2v) is 7.65. The number of halogens is 1. The van der Waals surface area contributed by atoms with Crippen LogP contribution in [0.25, 0.3) is 0 Å². The lowest BCUT2D eigenvalue weighted by Gasteiger charge is -2.23. The van der Waals surface area contributed by atoms with Crippen LogP contribution in [0, 0.1) is 13.8 Å². The molecule has 1 aliphatic heterocycles. The maximum Gasteiger partial charge on any atom is 0.261 e. The van der Waals surface area contributed by atoms with E-state index in [4.69, 9.17) is 20.2 Å². The second-order valence-electron chi connectivity index (χ2n) is 5.12. The van der Waals surface area contributed by atoms with Gasteiger partial charge in [0.25, 0.3) is 9.05 Å². The predicted octanol–water partition coefficient (Wildman–Crippen LogP) is 3.18. The molecule has 0 bridgehead atoms. The number of rotatable bonds is 4. The summed E-state index contributed by atoms with van der Waals surface area (Å²) < 4.78 is 34.2. The number of benzene rings is 1. The number of aryl methyl sites for hydroxylation is 2. The summed E-state index contributed by atoms with van der Waals surface area (Å²) >= 11 is 0. The first-order chi connectivity index (χ1) is 9.38. The molecule has 1 aromatic carbocycles. The van der Waals surface area contributed by atoms with Gasteiger partial charge in [-0.1, -0.05) is 0 Å². The van der Waals surface area contributed by atoms with Crippen molar-refractivity contribution in [1.82, 2.24) is 0 Å². The average molecular weight is 319 g/mol. The Balaban J connectivity index is 2.11. The van der Waals surface area contributed by atoms with Gasteiger partial charge in [-0.3, -0.25) is 0 Å². The Morgan fingerprint density at radius 3 is 2.65 bits per heavy atom. The fraction of sp³-hybridized carbons (Fsp3) is 0.571. The van der Waals surface area contributed by atoms with Crippen molar-refractivity contribution in [1.29, 1.82) is 0 Å².